The molecule has 0 spiro atoms. The molecule has 0 aromatic heterocycles. The lowest BCUT2D eigenvalue weighted by Crippen LogP contribution is -2.38. The third kappa shape index (κ3) is 1.88. The summed E-state index contributed by atoms with van der Waals surface area (Å²) in [7, 11) is 0. The van der Waals surface area contributed by atoms with Gasteiger partial charge in [0.1, 0.15) is 0 Å². The van der Waals surface area contributed by atoms with Crippen LogP contribution < -0.4 is 0 Å². The predicted octanol–water partition coefficient (Wildman–Crippen LogP) is -0.299. The predicted molar refractivity (Wildman–Crippen MR) is 48.2 cm³/mol. The lowest BCUT2D eigenvalue weighted by atomic mass is 9.83. The molecule has 1 rings (SSSR count). The molecule has 0 amide bonds. The van der Waals surface area contributed by atoms with E-state index in [9.17, 15) is 0 Å². The van der Waals surface area contributed by atoms with Gasteiger partial charge in [0.25, 0.3) is 0 Å². The van der Waals surface area contributed by atoms with Crippen LogP contribution in [0.3, 0.4) is 0 Å². The van der Waals surface area contributed by atoms with Crippen molar-refractivity contribution in [1.82, 2.24) is 0 Å². The van der Waals surface area contributed by atoms with Crippen LogP contribution in [0.5, 0.6) is 0 Å². The maximum Gasteiger partial charge on any atom is 0.0645 e. The van der Waals surface area contributed by atoms with Gasteiger partial charge < -0.3 is 15.3 Å². The molecule has 0 saturated heterocycles. The van der Waals surface area contributed by atoms with Crippen LogP contribution in [0.15, 0.2) is 24.3 Å². The zero-order valence-corrected chi connectivity index (χ0v) is 7.27. The molecule has 0 fully saturated rings. The van der Waals surface area contributed by atoms with Gasteiger partial charge in [-0.25, -0.2) is 0 Å². The largest absolute Gasteiger partial charge is 0.395 e. The molecule has 1 aromatic rings. The van der Waals surface area contributed by atoms with Gasteiger partial charge in [0, 0.05) is 0 Å². The van der Waals surface area contributed by atoms with E-state index in [1.807, 2.05) is 0 Å². The molecule has 0 atom stereocenters. The Hall–Kier alpha value is -0.900. The Morgan fingerprint density at radius 1 is 1.00 bits per heavy atom. The van der Waals surface area contributed by atoms with Crippen LogP contribution in [-0.2, 0) is 5.41 Å². The van der Waals surface area contributed by atoms with Crippen molar-refractivity contribution in [2.24, 2.45) is 0 Å². The topological polar surface area (TPSA) is 60.7 Å². The van der Waals surface area contributed by atoms with Gasteiger partial charge in [-0.3, -0.25) is 0 Å². The smallest absolute Gasteiger partial charge is 0.0645 e. The lowest BCUT2D eigenvalue weighted by molar-refractivity contribution is 0.0641. The third-order valence-electron chi connectivity index (χ3n) is 2.24. The van der Waals surface area contributed by atoms with Crippen molar-refractivity contribution in [2.45, 2.75) is 5.41 Å². The summed E-state index contributed by atoms with van der Waals surface area (Å²) < 4.78 is 0. The average Bonchev–Trinajstić information content (AvgIpc) is 2.23. The third-order valence-corrected chi connectivity index (χ3v) is 2.24. The summed E-state index contributed by atoms with van der Waals surface area (Å²) in [5, 5.41) is 27.3. The summed E-state index contributed by atoms with van der Waals surface area (Å²) in [6.07, 6.45) is 0. The Bertz CT molecular complexity index is 233. The Kier molecular flexibility index (Phi) is 3.42. The fourth-order valence-electron chi connectivity index (χ4n) is 1.16. The van der Waals surface area contributed by atoms with Crippen LogP contribution in [0, 0.1) is 6.07 Å². The standard InChI is InChI=1S/C10H13O3/c11-6-10(7-12,8-13)9-4-2-1-3-5-9/h2-5,11-13H,6-8H2. The number of hydrogen-bond donors (Lipinski definition) is 3. The van der Waals surface area contributed by atoms with Crippen molar-refractivity contribution in [3.63, 3.8) is 0 Å². The molecule has 3 N–H and O–H groups in total. The van der Waals surface area contributed by atoms with Crippen molar-refractivity contribution in [1.29, 1.82) is 0 Å². The summed E-state index contributed by atoms with van der Waals surface area (Å²) in [5.41, 5.74) is -0.214. The van der Waals surface area contributed by atoms with E-state index in [1.165, 1.54) is 0 Å². The molecular formula is C10H13O3. The first-order valence-corrected chi connectivity index (χ1v) is 4.08. The zero-order chi connectivity index (χ0) is 9.73. The first-order chi connectivity index (χ1) is 6.29. The van der Waals surface area contributed by atoms with Gasteiger partial charge in [-0.05, 0) is 11.6 Å². The molecule has 0 bridgehead atoms. The molecule has 13 heavy (non-hydrogen) atoms. The maximum atomic E-state index is 9.10. The van der Waals surface area contributed by atoms with E-state index in [1.54, 1.807) is 24.3 Å². The van der Waals surface area contributed by atoms with Gasteiger partial charge in [0.2, 0.25) is 0 Å². The summed E-state index contributed by atoms with van der Waals surface area (Å²) in [6.45, 7) is -0.821. The normalized spacial score (nSPS) is 11.6. The van der Waals surface area contributed by atoms with Crippen molar-refractivity contribution in [3.8, 4) is 0 Å². The summed E-state index contributed by atoms with van der Waals surface area (Å²) in [4.78, 5) is 0. The van der Waals surface area contributed by atoms with Gasteiger partial charge in [-0.15, -0.1) is 0 Å². The van der Waals surface area contributed by atoms with Crippen LogP contribution in [-0.4, -0.2) is 35.1 Å². The first-order valence-electron chi connectivity index (χ1n) is 4.08. The molecule has 0 heterocycles. The molecule has 0 aliphatic carbocycles. The highest BCUT2D eigenvalue weighted by atomic mass is 16.3. The summed E-state index contributed by atoms with van der Waals surface area (Å²) in [5.74, 6) is 0. The Balaban J connectivity index is 3.01. The first kappa shape index (κ1) is 10.2. The Morgan fingerprint density at radius 3 is 1.85 bits per heavy atom. The second-order valence-electron chi connectivity index (χ2n) is 3.04. The summed E-state index contributed by atoms with van der Waals surface area (Å²) in [6, 6.07) is 9.65. The maximum absolute atomic E-state index is 9.10. The quantitative estimate of drug-likeness (QED) is 0.597. The van der Waals surface area contributed by atoms with E-state index < -0.39 is 5.41 Å². The van der Waals surface area contributed by atoms with E-state index in [0.717, 1.165) is 5.56 Å². The van der Waals surface area contributed by atoms with Crippen molar-refractivity contribution < 1.29 is 15.3 Å². The highest BCUT2D eigenvalue weighted by Gasteiger charge is 2.29. The molecule has 0 aliphatic rings. The van der Waals surface area contributed by atoms with Gasteiger partial charge in [-0.1, -0.05) is 24.3 Å². The van der Waals surface area contributed by atoms with E-state index >= 15 is 0 Å². The molecule has 0 unspecified atom stereocenters. The highest BCUT2D eigenvalue weighted by molar-refractivity contribution is 5.25. The second kappa shape index (κ2) is 4.37. The number of aliphatic hydroxyl groups excluding tert-OH is 3. The summed E-state index contributed by atoms with van der Waals surface area (Å²) >= 11 is 0. The van der Waals surface area contributed by atoms with Gasteiger partial charge >= 0.3 is 0 Å². The van der Waals surface area contributed by atoms with Crippen LogP contribution >= 0.6 is 0 Å². The molecule has 0 aliphatic heterocycles. The molecule has 71 valence electrons. The van der Waals surface area contributed by atoms with Crippen molar-refractivity contribution in [2.75, 3.05) is 19.8 Å². The number of rotatable bonds is 4. The van der Waals surface area contributed by atoms with Gasteiger partial charge in [0.05, 0.1) is 25.2 Å². The molecule has 1 aromatic carbocycles. The Morgan fingerprint density at radius 2 is 1.46 bits per heavy atom. The van der Waals surface area contributed by atoms with Crippen molar-refractivity contribution in [3.05, 3.63) is 35.9 Å². The number of aliphatic hydroxyl groups is 3. The van der Waals surface area contributed by atoms with Gasteiger partial charge in [0.15, 0.2) is 0 Å². The van der Waals surface area contributed by atoms with Crippen LogP contribution in [0.25, 0.3) is 0 Å². The minimum absolute atomic E-state index is 0.274. The minimum atomic E-state index is -0.935. The molecular weight excluding hydrogens is 168 g/mol. The monoisotopic (exact) mass is 181 g/mol. The molecule has 1 radical (unpaired) electrons. The van der Waals surface area contributed by atoms with Crippen LogP contribution in [0.1, 0.15) is 5.56 Å². The molecule has 3 heteroatoms. The molecule has 3 nitrogen and oxygen atoms in total. The minimum Gasteiger partial charge on any atom is -0.395 e. The average molecular weight is 181 g/mol. The zero-order valence-electron chi connectivity index (χ0n) is 7.27. The fourth-order valence-corrected chi connectivity index (χ4v) is 1.16. The van der Waals surface area contributed by atoms with E-state index in [0.29, 0.717) is 0 Å². The number of hydrogen-bond acceptors (Lipinski definition) is 3. The van der Waals surface area contributed by atoms with Crippen molar-refractivity contribution >= 4 is 0 Å². The van der Waals surface area contributed by atoms with Crippen LogP contribution in [0.2, 0.25) is 0 Å². The molecule has 0 saturated carbocycles. The Labute approximate surface area is 77.3 Å². The lowest BCUT2D eigenvalue weighted by Gasteiger charge is -2.27. The van der Waals surface area contributed by atoms with E-state index in [2.05, 4.69) is 6.07 Å². The number of benzene rings is 1. The fraction of sp³-hybridized carbons (Fsp3) is 0.400. The van der Waals surface area contributed by atoms with Gasteiger partial charge in [-0.2, -0.15) is 0 Å². The van der Waals surface area contributed by atoms with Crippen LogP contribution in [0.4, 0.5) is 0 Å². The second-order valence-corrected chi connectivity index (χ2v) is 3.04. The van der Waals surface area contributed by atoms with E-state index in [4.69, 9.17) is 15.3 Å². The highest BCUT2D eigenvalue weighted by Crippen LogP contribution is 2.21. The SMILES string of the molecule is OCC(CO)(CO)c1cc[c]cc1. The van der Waals surface area contributed by atoms with E-state index in [-0.39, 0.29) is 19.8 Å².